The van der Waals surface area contributed by atoms with E-state index in [9.17, 15) is 10.0 Å². The quantitative estimate of drug-likeness (QED) is 0.488. The van der Waals surface area contributed by atoms with Crippen LogP contribution in [0.2, 0.25) is 0 Å². The maximum Gasteiger partial charge on any atom is 0.325 e. The van der Waals surface area contributed by atoms with E-state index in [0.29, 0.717) is 19.6 Å². The molecule has 0 aromatic rings. The lowest BCUT2D eigenvalue weighted by atomic mass is 10.2. The van der Waals surface area contributed by atoms with E-state index in [4.69, 9.17) is 4.74 Å². The highest BCUT2D eigenvalue weighted by molar-refractivity contribution is 5.75. The maximum absolute atomic E-state index is 11.3. The van der Waals surface area contributed by atoms with Gasteiger partial charge < -0.3 is 4.74 Å². The molecule has 4 nitrogen and oxygen atoms in total. The zero-order valence-corrected chi connectivity index (χ0v) is 7.99. The van der Waals surface area contributed by atoms with E-state index < -0.39 is 6.04 Å². The first-order chi connectivity index (χ1) is 6.25. The van der Waals surface area contributed by atoms with Gasteiger partial charge in [0.1, 0.15) is 6.04 Å². The van der Waals surface area contributed by atoms with E-state index in [1.165, 1.54) is 0 Å². The summed E-state index contributed by atoms with van der Waals surface area (Å²) in [5, 5.41) is 11.9. The summed E-state index contributed by atoms with van der Waals surface area (Å²) >= 11 is 0. The molecule has 75 valence electrons. The lowest BCUT2D eigenvalue weighted by Crippen LogP contribution is -2.34. The molecule has 0 bridgehead atoms. The van der Waals surface area contributed by atoms with E-state index in [1.807, 2.05) is 6.92 Å². The van der Waals surface area contributed by atoms with Crippen molar-refractivity contribution in [2.24, 2.45) is 0 Å². The summed E-state index contributed by atoms with van der Waals surface area (Å²) in [4.78, 5) is 11.3. The Hall–Kier alpha value is -0.610. The first-order valence-corrected chi connectivity index (χ1v) is 4.86. The first-order valence-electron chi connectivity index (χ1n) is 4.86. The molecule has 1 radical (unpaired) electrons. The average molecular weight is 186 g/mol. The third-order valence-electron chi connectivity index (χ3n) is 2.22. The van der Waals surface area contributed by atoms with Crippen molar-refractivity contribution in [3.05, 3.63) is 0 Å². The van der Waals surface area contributed by atoms with Gasteiger partial charge in [-0.25, -0.2) is 0 Å². The predicted octanol–water partition coefficient (Wildman–Crippen LogP) is 1.14. The first kappa shape index (κ1) is 10.5. The highest BCUT2D eigenvalue weighted by Crippen LogP contribution is 2.16. The third kappa shape index (κ3) is 2.97. The van der Waals surface area contributed by atoms with Crippen LogP contribution in [0.1, 0.15) is 32.6 Å². The zero-order chi connectivity index (χ0) is 9.68. The number of rotatable bonds is 4. The van der Waals surface area contributed by atoms with Gasteiger partial charge in [-0.1, -0.05) is 13.3 Å². The van der Waals surface area contributed by atoms with Gasteiger partial charge in [-0.05, 0) is 19.3 Å². The van der Waals surface area contributed by atoms with Crippen LogP contribution in [0.25, 0.3) is 0 Å². The van der Waals surface area contributed by atoms with Crippen molar-refractivity contribution >= 4 is 5.97 Å². The van der Waals surface area contributed by atoms with Crippen LogP contribution < -0.4 is 0 Å². The topological polar surface area (TPSA) is 49.4 Å². The molecule has 0 spiro atoms. The Morgan fingerprint density at radius 1 is 1.62 bits per heavy atom. The number of carbonyl (C=O) groups is 1. The molecular formula is C9H16NO3. The number of hydrogen-bond donors (Lipinski definition) is 0. The number of hydrogen-bond acceptors (Lipinski definition) is 3. The summed E-state index contributed by atoms with van der Waals surface area (Å²) in [6, 6.07) is -0.531. The number of unbranched alkanes of at least 4 members (excludes halogenated alkanes) is 1. The number of esters is 1. The van der Waals surface area contributed by atoms with Crippen molar-refractivity contribution < 1.29 is 14.7 Å². The lowest BCUT2D eigenvalue weighted by molar-refractivity contribution is -0.190. The molecule has 13 heavy (non-hydrogen) atoms. The molecule has 0 aromatic heterocycles. The van der Waals surface area contributed by atoms with Gasteiger partial charge in [0.05, 0.1) is 6.61 Å². The van der Waals surface area contributed by atoms with Crippen LogP contribution in [0, 0.1) is 0 Å². The Morgan fingerprint density at radius 3 is 2.92 bits per heavy atom. The van der Waals surface area contributed by atoms with Crippen LogP contribution in [0.4, 0.5) is 0 Å². The minimum Gasteiger partial charge on any atom is -0.464 e. The molecule has 1 aliphatic rings. The summed E-state index contributed by atoms with van der Waals surface area (Å²) in [6.07, 6.45) is 3.32. The third-order valence-corrected chi connectivity index (χ3v) is 2.22. The van der Waals surface area contributed by atoms with E-state index in [-0.39, 0.29) is 5.97 Å². The molecule has 0 N–H and O–H groups in total. The number of carbonyl (C=O) groups excluding carboxylic acids is 1. The fraction of sp³-hybridized carbons (Fsp3) is 0.889. The molecule has 4 heteroatoms. The minimum atomic E-state index is -0.531. The summed E-state index contributed by atoms with van der Waals surface area (Å²) in [5.41, 5.74) is 0. The van der Waals surface area contributed by atoms with E-state index >= 15 is 0 Å². The van der Waals surface area contributed by atoms with E-state index in [2.05, 4.69) is 0 Å². The Bertz CT molecular complexity index is 172. The number of hydroxylamine groups is 2. The highest BCUT2D eigenvalue weighted by atomic mass is 16.6. The van der Waals surface area contributed by atoms with E-state index in [0.717, 1.165) is 24.3 Å². The SMILES string of the molecule is CCCCOC(=O)C1CCCN1[O]. The van der Waals surface area contributed by atoms with Gasteiger partial charge in [0.15, 0.2) is 0 Å². The summed E-state index contributed by atoms with van der Waals surface area (Å²) < 4.78 is 4.96. The van der Waals surface area contributed by atoms with Gasteiger partial charge in [0.2, 0.25) is 0 Å². The van der Waals surface area contributed by atoms with Gasteiger partial charge in [0, 0.05) is 6.54 Å². The standard InChI is InChI=1S/C9H16NO3/c1-2-3-7-13-9(11)8-5-4-6-10(8)12/h8H,2-7H2,1H3. The predicted molar refractivity (Wildman–Crippen MR) is 46.3 cm³/mol. The van der Waals surface area contributed by atoms with Crippen molar-refractivity contribution in [1.82, 2.24) is 5.06 Å². The van der Waals surface area contributed by atoms with Crippen LogP contribution in [0.3, 0.4) is 0 Å². The molecule has 0 amide bonds. The van der Waals surface area contributed by atoms with Gasteiger partial charge in [-0.2, -0.15) is 0 Å². The van der Waals surface area contributed by atoms with Crippen molar-refractivity contribution in [2.75, 3.05) is 13.2 Å². The molecule has 1 rings (SSSR count). The number of nitrogens with zero attached hydrogens (tertiary/aromatic N) is 1. The molecule has 0 aliphatic carbocycles. The highest BCUT2D eigenvalue weighted by Gasteiger charge is 2.31. The van der Waals surface area contributed by atoms with Crippen LogP contribution in [-0.4, -0.2) is 30.2 Å². The second kappa shape index (κ2) is 5.19. The maximum atomic E-state index is 11.3. The van der Waals surface area contributed by atoms with Crippen LogP contribution in [0.15, 0.2) is 0 Å². The second-order valence-electron chi connectivity index (χ2n) is 3.32. The fourth-order valence-electron chi connectivity index (χ4n) is 1.39. The molecule has 1 heterocycles. The summed E-state index contributed by atoms with van der Waals surface area (Å²) in [7, 11) is 0. The van der Waals surface area contributed by atoms with Gasteiger partial charge in [-0.3, -0.25) is 4.79 Å². The summed E-state index contributed by atoms with van der Waals surface area (Å²) in [5.74, 6) is -0.346. The van der Waals surface area contributed by atoms with Crippen molar-refractivity contribution in [3.63, 3.8) is 0 Å². The normalized spacial score (nSPS) is 23.4. The van der Waals surface area contributed by atoms with Gasteiger partial charge >= 0.3 is 5.97 Å². The smallest absolute Gasteiger partial charge is 0.325 e. The molecule has 1 unspecified atom stereocenters. The van der Waals surface area contributed by atoms with Gasteiger partial charge in [-0.15, -0.1) is 10.3 Å². The lowest BCUT2D eigenvalue weighted by Gasteiger charge is -2.13. The Morgan fingerprint density at radius 2 is 2.38 bits per heavy atom. The minimum absolute atomic E-state index is 0.346. The zero-order valence-electron chi connectivity index (χ0n) is 7.99. The van der Waals surface area contributed by atoms with Crippen molar-refractivity contribution in [2.45, 2.75) is 38.6 Å². The molecule has 1 aliphatic heterocycles. The Labute approximate surface area is 78.4 Å². The monoisotopic (exact) mass is 186 g/mol. The summed E-state index contributed by atoms with van der Waals surface area (Å²) in [6.45, 7) is 2.94. The van der Waals surface area contributed by atoms with Gasteiger partial charge in [0.25, 0.3) is 0 Å². The fourth-order valence-corrected chi connectivity index (χ4v) is 1.39. The van der Waals surface area contributed by atoms with Crippen molar-refractivity contribution in [1.29, 1.82) is 0 Å². The molecule has 1 atom stereocenters. The molecule has 1 saturated heterocycles. The molecular weight excluding hydrogens is 170 g/mol. The van der Waals surface area contributed by atoms with E-state index in [1.54, 1.807) is 0 Å². The largest absolute Gasteiger partial charge is 0.464 e. The van der Waals surface area contributed by atoms with Crippen LogP contribution in [-0.2, 0) is 14.7 Å². The molecule has 0 saturated carbocycles. The van der Waals surface area contributed by atoms with Crippen LogP contribution in [0.5, 0.6) is 0 Å². The average Bonchev–Trinajstić information content (AvgIpc) is 2.52. The molecule has 1 fully saturated rings. The second-order valence-corrected chi connectivity index (χ2v) is 3.32. The number of ether oxygens (including phenoxy) is 1. The van der Waals surface area contributed by atoms with Crippen molar-refractivity contribution in [3.8, 4) is 0 Å². The Kier molecular flexibility index (Phi) is 4.18. The van der Waals surface area contributed by atoms with Crippen LogP contribution >= 0.6 is 0 Å². The molecule has 0 aromatic carbocycles. The Balaban J connectivity index is 2.22.